The first-order chi connectivity index (χ1) is 13.7. The summed E-state index contributed by atoms with van der Waals surface area (Å²) in [4.78, 5) is 16.8. The Balaban J connectivity index is 1.72. The van der Waals surface area contributed by atoms with Crippen molar-refractivity contribution < 1.29 is 19.0 Å². The van der Waals surface area contributed by atoms with Crippen molar-refractivity contribution in [2.45, 2.75) is 18.9 Å². The number of carbonyl (C=O) groups is 1. The fourth-order valence-electron chi connectivity index (χ4n) is 3.41. The minimum absolute atomic E-state index is 0.0832. The first kappa shape index (κ1) is 19.9. The van der Waals surface area contributed by atoms with Gasteiger partial charge in [-0.15, -0.1) is 0 Å². The first-order valence-electron chi connectivity index (χ1n) is 9.39. The zero-order chi connectivity index (χ0) is 19.8. The Bertz CT molecular complexity index is 801. The van der Waals surface area contributed by atoms with Crippen LogP contribution in [0.15, 0.2) is 48.8 Å². The van der Waals surface area contributed by atoms with Gasteiger partial charge in [0.2, 0.25) is 5.91 Å². The highest BCUT2D eigenvalue weighted by atomic mass is 16.5. The van der Waals surface area contributed by atoms with E-state index in [4.69, 9.17) is 14.2 Å². The number of aromatic nitrogens is 1. The molecule has 28 heavy (non-hydrogen) atoms. The van der Waals surface area contributed by atoms with Crippen LogP contribution >= 0.6 is 0 Å². The summed E-state index contributed by atoms with van der Waals surface area (Å²) >= 11 is 0. The average Bonchev–Trinajstić information content (AvgIpc) is 2.77. The highest BCUT2D eigenvalue weighted by Crippen LogP contribution is 2.30. The Morgan fingerprint density at radius 2 is 2.00 bits per heavy atom. The third-order valence-corrected chi connectivity index (χ3v) is 4.91. The number of amides is 1. The summed E-state index contributed by atoms with van der Waals surface area (Å²) in [5.41, 5.74) is 1.87. The van der Waals surface area contributed by atoms with Crippen molar-refractivity contribution in [2.75, 3.05) is 27.4 Å². The van der Waals surface area contributed by atoms with Gasteiger partial charge < -0.3 is 19.5 Å². The second kappa shape index (κ2) is 9.90. The third-order valence-electron chi connectivity index (χ3n) is 4.91. The van der Waals surface area contributed by atoms with Crippen molar-refractivity contribution in [3.63, 3.8) is 0 Å². The van der Waals surface area contributed by atoms with Gasteiger partial charge in [0.05, 0.1) is 20.3 Å². The van der Waals surface area contributed by atoms with Crippen molar-refractivity contribution in [3.05, 3.63) is 59.9 Å². The van der Waals surface area contributed by atoms with Crippen molar-refractivity contribution in [1.82, 2.24) is 10.3 Å². The van der Waals surface area contributed by atoms with E-state index in [2.05, 4.69) is 10.3 Å². The van der Waals surface area contributed by atoms with Crippen LogP contribution in [-0.4, -0.2) is 38.3 Å². The summed E-state index contributed by atoms with van der Waals surface area (Å²) in [5.74, 6) is 1.47. The van der Waals surface area contributed by atoms with E-state index in [9.17, 15) is 4.79 Å². The molecule has 2 aromatic rings. The molecule has 0 bridgehead atoms. The molecule has 1 aliphatic rings. The molecule has 1 aromatic carbocycles. The maximum atomic E-state index is 12.6. The summed E-state index contributed by atoms with van der Waals surface area (Å²) in [6.45, 7) is 1.44. The number of carbonyl (C=O) groups excluding carboxylic acids is 1. The summed E-state index contributed by atoms with van der Waals surface area (Å²) in [6, 6.07) is 9.34. The van der Waals surface area contributed by atoms with Crippen molar-refractivity contribution in [1.29, 1.82) is 0 Å². The normalized spacial score (nSPS) is 15.9. The SMILES string of the molecule is COc1ccc(/C=C/C(=O)NC(c2cccnc2)C2CCOCC2)cc1OC. The largest absolute Gasteiger partial charge is 0.493 e. The lowest BCUT2D eigenvalue weighted by Crippen LogP contribution is -2.35. The summed E-state index contributed by atoms with van der Waals surface area (Å²) in [5, 5.41) is 3.15. The van der Waals surface area contributed by atoms with Crippen LogP contribution in [-0.2, 0) is 9.53 Å². The lowest BCUT2D eigenvalue weighted by atomic mass is 9.87. The van der Waals surface area contributed by atoms with Gasteiger partial charge in [-0.25, -0.2) is 0 Å². The van der Waals surface area contributed by atoms with Gasteiger partial charge >= 0.3 is 0 Å². The lowest BCUT2D eigenvalue weighted by Gasteiger charge is -2.30. The fourth-order valence-corrected chi connectivity index (χ4v) is 3.41. The van der Waals surface area contributed by atoms with Crippen molar-refractivity contribution in [2.24, 2.45) is 5.92 Å². The molecule has 1 saturated heterocycles. The summed E-state index contributed by atoms with van der Waals surface area (Å²) in [6.07, 6.45) is 8.70. The number of pyridine rings is 1. The summed E-state index contributed by atoms with van der Waals surface area (Å²) in [7, 11) is 3.18. The van der Waals surface area contributed by atoms with E-state index in [0.717, 1.165) is 37.2 Å². The quantitative estimate of drug-likeness (QED) is 0.744. The number of methoxy groups -OCH3 is 2. The predicted octanol–water partition coefficient (Wildman–Crippen LogP) is 3.40. The number of hydrogen-bond donors (Lipinski definition) is 1. The number of rotatable bonds is 7. The Labute approximate surface area is 165 Å². The van der Waals surface area contributed by atoms with Crippen LogP contribution in [0.1, 0.15) is 30.0 Å². The molecule has 0 radical (unpaired) electrons. The predicted molar refractivity (Wildman–Crippen MR) is 107 cm³/mol. The maximum absolute atomic E-state index is 12.6. The molecule has 148 valence electrons. The van der Waals surface area contributed by atoms with Crippen LogP contribution in [0.2, 0.25) is 0 Å². The van der Waals surface area contributed by atoms with Crippen LogP contribution in [0.4, 0.5) is 0 Å². The molecule has 0 aliphatic carbocycles. The molecule has 1 fully saturated rings. The van der Waals surface area contributed by atoms with E-state index >= 15 is 0 Å². The monoisotopic (exact) mass is 382 g/mol. The number of nitrogens with zero attached hydrogens (tertiary/aromatic N) is 1. The molecule has 0 spiro atoms. The Hall–Kier alpha value is -2.86. The average molecular weight is 382 g/mol. The Morgan fingerprint density at radius 3 is 2.68 bits per heavy atom. The fraction of sp³-hybridized carbons (Fsp3) is 0.364. The summed E-state index contributed by atoms with van der Waals surface area (Å²) < 4.78 is 16.0. The van der Waals surface area contributed by atoms with E-state index in [1.54, 1.807) is 32.6 Å². The van der Waals surface area contributed by atoms with Crippen LogP contribution in [0.3, 0.4) is 0 Å². The molecule has 0 saturated carbocycles. The molecule has 6 heteroatoms. The minimum atomic E-state index is -0.143. The van der Waals surface area contributed by atoms with Crippen LogP contribution in [0, 0.1) is 5.92 Å². The molecule has 1 aliphatic heterocycles. The molecule has 3 rings (SSSR count). The zero-order valence-corrected chi connectivity index (χ0v) is 16.3. The molecule has 1 atom stereocenters. The second-order valence-corrected chi connectivity index (χ2v) is 6.67. The standard InChI is InChI=1S/C22H26N2O4/c1-26-19-7-5-16(14-20(19)27-2)6-8-21(25)24-22(17-9-12-28-13-10-17)18-4-3-11-23-15-18/h3-8,11,14-15,17,22H,9-10,12-13H2,1-2H3,(H,24,25)/b8-6+. The Morgan fingerprint density at radius 1 is 1.21 bits per heavy atom. The van der Waals surface area contributed by atoms with Gasteiger partial charge in [-0.3, -0.25) is 9.78 Å². The van der Waals surface area contributed by atoms with E-state index in [0.29, 0.717) is 17.4 Å². The number of hydrogen-bond acceptors (Lipinski definition) is 5. The maximum Gasteiger partial charge on any atom is 0.244 e. The highest BCUT2D eigenvalue weighted by Gasteiger charge is 2.26. The smallest absolute Gasteiger partial charge is 0.244 e. The molecule has 1 amide bonds. The van der Waals surface area contributed by atoms with Gasteiger partial charge in [-0.1, -0.05) is 12.1 Å². The van der Waals surface area contributed by atoms with E-state index in [-0.39, 0.29) is 11.9 Å². The first-order valence-corrected chi connectivity index (χ1v) is 9.39. The van der Waals surface area contributed by atoms with E-state index < -0.39 is 0 Å². The number of nitrogens with one attached hydrogen (secondary N) is 1. The van der Waals surface area contributed by atoms with Crippen molar-refractivity contribution in [3.8, 4) is 11.5 Å². The van der Waals surface area contributed by atoms with Crippen LogP contribution in [0.5, 0.6) is 11.5 Å². The molecule has 1 aromatic heterocycles. The molecule has 6 nitrogen and oxygen atoms in total. The highest BCUT2D eigenvalue weighted by molar-refractivity contribution is 5.92. The molecule has 2 heterocycles. The van der Waals surface area contributed by atoms with Gasteiger partial charge in [-0.2, -0.15) is 0 Å². The van der Waals surface area contributed by atoms with Gasteiger partial charge in [0, 0.05) is 31.7 Å². The molecular formula is C22H26N2O4. The van der Waals surface area contributed by atoms with Crippen molar-refractivity contribution >= 4 is 12.0 Å². The molecular weight excluding hydrogens is 356 g/mol. The van der Waals surface area contributed by atoms with Crippen LogP contribution < -0.4 is 14.8 Å². The lowest BCUT2D eigenvalue weighted by molar-refractivity contribution is -0.117. The second-order valence-electron chi connectivity index (χ2n) is 6.67. The van der Waals surface area contributed by atoms with Gasteiger partial charge in [0.25, 0.3) is 0 Å². The Kier molecular flexibility index (Phi) is 7.03. The van der Waals surface area contributed by atoms with Gasteiger partial charge in [-0.05, 0) is 54.2 Å². The zero-order valence-electron chi connectivity index (χ0n) is 16.3. The third kappa shape index (κ3) is 5.10. The molecule has 1 N–H and O–H groups in total. The number of benzene rings is 1. The minimum Gasteiger partial charge on any atom is -0.493 e. The van der Waals surface area contributed by atoms with Gasteiger partial charge in [0.1, 0.15) is 0 Å². The van der Waals surface area contributed by atoms with Gasteiger partial charge in [0.15, 0.2) is 11.5 Å². The van der Waals surface area contributed by atoms with E-state index in [1.807, 2.05) is 36.5 Å². The topological polar surface area (TPSA) is 69.7 Å². The van der Waals surface area contributed by atoms with Crippen LogP contribution in [0.25, 0.3) is 6.08 Å². The number of ether oxygens (including phenoxy) is 3. The van der Waals surface area contributed by atoms with E-state index in [1.165, 1.54) is 0 Å². The molecule has 1 unspecified atom stereocenters.